The number of hydrogen-bond acceptors (Lipinski definition) is 15. The molecule has 0 amide bonds. The van der Waals surface area contributed by atoms with Crippen LogP contribution in [0.5, 0.6) is 0 Å². The minimum atomic E-state index is -4.95. The quantitative estimate of drug-likeness (QED) is 0.0222. The van der Waals surface area contributed by atoms with E-state index in [2.05, 4.69) is 48.5 Å². The number of aliphatic hydroxyl groups is 1. The largest absolute Gasteiger partial charge is 0.472 e. The van der Waals surface area contributed by atoms with Crippen LogP contribution >= 0.6 is 15.6 Å². The zero-order valence-electron chi connectivity index (χ0n) is 57.9. The Bertz CT molecular complexity index is 1750. The maximum Gasteiger partial charge on any atom is 0.472 e. The zero-order valence-corrected chi connectivity index (χ0v) is 59.7. The first-order chi connectivity index (χ1) is 42.7. The number of rotatable bonds is 68. The van der Waals surface area contributed by atoms with Crippen molar-refractivity contribution in [1.82, 2.24) is 0 Å². The minimum absolute atomic E-state index is 0.105. The van der Waals surface area contributed by atoms with Gasteiger partial charge in [-0.3, -0.25) is 37.3 Å². The van der Waals surface area contributed by atoms with Crippen LogP contribution in [-0.4, -0.2) is 96.7 Å². The number of ether oxygens (including phenoxy) is 4. The van der Waals surface area contributed by atoms with Gasteiger partial charge in [-0.25, -0.2) is 9.13 Å². The lowest BCUT2D eigenvalue weighted by atomic mass is 10.0. The normalized spacial score (nSPS) is 14.2. The molecule has 0 aliphatic heterocycles. The third-order valence-electron chi connectivity index (χ3n) is 16.1. The summed E-state index contributed by atoms with van der Waals surface area (Å²) < 4.78 is 68.2. The summed E-state index contributed by atoms with van der Waals surface area (Å²) in [5.41, 5.74) is 0. The molecule has 0 saturated carbocycles. The predicted molar refractivity (Wildman–Crippen MR) is 358 cm³/mol. The molecule has 0 rings (SSSR count). The Balaban J connectivity index is 5.23. The summed E-state index contributed by atoms with van der Waals surface area (Å²) in [6, 6.07) is 0. The fourth-order valence-electron chi connectivity index (χ4n) is 10.5. The Morgan fingerprint density at radius 2 is 0.517 bits per heavy atom. The molecule has 3 N–H and O–H groups in total. The van der Waals surface area contributed by atoms with E-state index in [1.165, 1.54) is 154 Å². The van der Waals surface area contributed by atoms with Crippen molar-refractivity contribution < 1.29 is 80.2 Å². The molecule has 0 radical (unpaired) electrons. The van der Waals surface area contributed by atoms with Gasteiger partial charge in [-0.2, -0.15) is 0 Å². The Kier molecular flexibility index (Phi) is 59.6. The van der Waals surface area contributed by atoms with Crippen molar-refractivity contribution in [1.29, 1.82) is 0 Å². The number of aliphatic hydroxyl groups excluding tert-OH is 1. The molecule has 2 unspecified atom stereocenters. The molecule has 0 heterocycles. The molecular formula is C70H136O17P2. The summed E-state index contributed by atoms with van der Waals surface area (Å²) in [4.78, 5) is 72.5. The fraction of sp³-hybridized carbons (Fsp3) is 0.943. The molecule has 0 saturated heterocycles. The molecule has 0 aromatic rings. The first-order valence-electron chi connectivity index (χ1n) is 36.3. The first-order valence-corrected chi connectivity index (χ1v) is 39.3. The standard InChI is InChI=1S/C70H136O17P2/c1-8-9-10-11-12-13-24-30-39-46-53-69(74)87-66(58-81-68(73)52-45-38-33-32-36-43-50-63(6)7)60-85-89(78,79)83-56-64(71)55-82-88(76,77)84-59-65(57-80-67(72)51-44-37-29-25-21-20-23-28-35-42-49-62(4)5)86-70(75)54-47-40-31-26-19-17-15-14-16-18-22-27-34-41-48-61(2)3/h61-66,71H,8-60H2,1-7H3,(H,76,77)(H,78,79)/t64-,65-,66-/m1/s1. The molecule has 0 spiro atoms. The van der Waals surface area contributed by atoms with Gasteiger partial charge >= 0.3 is 39.5 Å². The van der Waals surface area contributed by atoms with Crippen molar-refractivity contribution in [3.05, 3.63) is 0 Å². The zero-order chi connectivity index (χ0) is 65.9. The number of phosphoric ester groups is 2. The molecule has 528 valence electrons. The van der Waals surface area contributed by atoms with E-state index in [4.69, 9.17) is 37.0 Å². The van der Waals surface area contributed by atoms with Crippen LogP contribution in [0.25, 0.3) is 0 Å². The summed E-state index contributed by atoms with van der Waals surface area (Å²) in [5, 5.41) is 10.6. The van der Waals surface area contributed by atoms with Gasteiger partial charge in [-0.05, 0) is 43.4 Å². The maximum absolute atomic E-state index is 13.0. The number of unbranched alkanes of at least 4 members (excludes halogenated alkanes) is 36. The Morgan fingerprint density at radius 3 is 0.764 bits per heavy atom. The van der Waals surface area contributed by atoms with Crippen LogP contribution in [0, 0.1) is 17.8 Å². The smallest absolute Gasteiger partial charge is 0.462 e. The van der Waals surface area contributed by atoms with Crippen molar-refractivity contribution >= 4 is 39.5 Å². The maximum atomic E-state index is 13.0. The second-order valence-electron chi connectivity index (χ2n) is 26.7. The predicted octanol–water partition coefficient (Wildman–Crippen LogP) is 19.8. The first kappa shape index (κ1) is 87.1. The molecule has 0 aromatic heterocycles. The lowest BCUT2D eigenvalue weighted by Gasteiger charge is -2.21. The molecule has 5 atom stereocenters. The summed E-state index contributed by atoms with van der Waals surface area (Å²) in [5.74, 6) is 0.105. The van der Waals surface area contributed by atoms with Gasteiger partial charge in [-0.15, -0.1) is 0 Å². The highest BCUT2D eigenvalue weighted by atomic mass is 31.2. The highest BCUT2D eigenvalue weighted by Crippen LogP contribution is 2.45. The van der Waals surface area contributed by atoms with Crippen LogP contribution in [0.4, 0.5) is 0 Å². The summed E-state index contributed by atoms with van der Waals surface area (Å²) in [6.45, 7) is 11.8. The highest BCUT2D eigenvalue weighted by Gasteiger charge is 2.30. The summed E-state index contributed by atoms with van der Waals surface area (Å²) in [7, 11) is -9.90. The van der Waals surface area contributed by atoms with Crippen molar-refractivity contribution in [2.45, 2.75) is 369 Å². The van der Waals surface area contributed by atoms with E-state index in [1.54, 1.807) is 0 Å². The second kappa shape index (κ2) is 61.0. The minimum Gasteiger partial charge on any atom is -0.462 e. The van der Waals surface area contributed by atoms with Gasteiger partial charge < -0.3 is 33.8 Å². The van der Waals surface area contributed by atoms with Gasteiger partial charge in [0.05, 0.1) is 26.4 Å². The van der Waals surface area contributed by atoms with Gasteiger partial charge in [0.2, 0.25) is 0 Å². The molecule has 17 nitrogen and oxygen atoms in total. The van der Waals surface area contributed by atoms with Crippen LogP contribution in [-0.2, 0) is 65.4 Å². The Hall–Kier alpha value is -1.94. The van der Waals surface area contributed by atoms with Gasteiger partial charge in [0, 0.05) is 25.7 Å². The average molecular weight is 1310 g/mol. The molecule has 0 aliphatic rings. The van der Waals surface area contributed by atoms with Crippen LogP contribution in [0.2, 0.25) is 0 Å². The third kappa shape index (κ3) is 64.6. The van der Waals surface area contributed by atoms with Gasteiger partial charge in [0.1, 0.15) is 19.3 Å². The molecule has 0 bridgehead atoms. The van der Waals surface area contributed by atoms with Crippen molar-refractivity contribution in [2.75, 3.05) is 39.6 Å². The number of carbonyl (C=O) groups is 4. The lowest BCUT2D eigenvalue weighted by molar-refractivity contribution is -0.161. The fourth-order valence-corrected chi connectivity index (χ4v) is 12.1. The van der Waals surface area contributed by atoms with Gasteiger partial charge in [-0.1, -0.05) is 299 Å². The van der Waals surface area contributed by atoms with Crippen molar-refractivity contribution in [2.24, 2.45) is 17.8 Å². The van der Waals surface area contributed by atoms with Gasteiger partial charge in [0.15, 0.2) is 12.2 Å². The molecule has 0 fully saturated rings. The average Bonchev–Trinajstić information content (AvgIpc) is 3.57. The summed E-state index contributed by atoms with van der Waals surface area (Å²) >= 11 is 0. The second-order valence-corrected chi connectivity index (χ2v) is 29.6. The van der Waals surface area contributed by atoms with Gasteiger partial charge in [0.25, 0.3) is 0 Å². The SMILES string of the molecule is CCCCCCCCCCCCC(=O)O[C@H](COC(=O)CCCCCCCCC(C)C)COP(=O)(O)OC[C@H](O)COP(=O)(O)OC[C@@H](COC(=O)CCCCCCCCCCCCC(C)C)OC(=O)CCCCCCCCCCCCCCCCC(C)C. The summed E-state index contributed by atoms with van der Waals surface area (Å²) in [6.07, 6.45) is 44.5. The van der Waals surface area contributed by atoms with E-state index >= 15 is 0 Å². The molecular weight excluding hydrogens is 1170 g/mol. The van der Waals surface area contributed by atoms with Crippen LogP contribution in [0.15, 0.2) is 0 Å². The van der Waals surface area contributed by atoms with Crippen molar-refractivity contribution in [3.63, 3.8) is 0 Å². The van der Waals surface area contributed by atoms with Crippen LogP contribution in [0.3, 0.4) is 0 Å². The topological polar surface area (TPSA) is 237 Å². The Morgan fingerprint density at radius 1 is 0.303 bits per heavy atom. The van der Waals surface area contributed by atoms with Crippen LogP contribution < -0.4 is 0 Å². The lowest BCUT2D eigenvalue weighted by Crippen LogP contribution is -2.30. The number of esters is 4. The molecule has 19 heteroatoms. The molecule has 0 aromatic carbocycles. The van der Waals surface area contributed by atoms with E-state index in [9.17, 15) is 43.2 Å². The van der Waals surface area contributed by atoms with E-state index in [0.29, 0.717) is 31.6 Å². The number of hydrogen-bond donors (Lipinski definition) is 3. The highest BCUT2D eigenvalue weighted by molar-refractivity contribution is 7.47. The van der Waals surface area contributed by atoms with Crippen LogP contribution in [0.1, 0.15) is 350 Å². The van der Waals surface area contributed by atoms with Crippen molar-refractivity contribution in [3.8, 4) is 0 Å². The Labute approximate surface area is 543 Å². The molecule has 0 aliphatic carbocycles. The van der Waals surface area contributed by atoms with E-state index < -0.39 is 97.5 Å². The van der Waals surface area contributed by atoms with E-state index in [1.807, 2.05) is 0 Å². The third-order valence-corrected chi connectivity index (χ3v) is 18.0. The van der Waals surface area contributed by atoms with E-state index in [0.717, 1.165) is 108 Å². The number of phosphoric acid groups is 2. The monoisotopic (exact) mass is 1310 g/mol. The number of carbonyl (C=O) groups excluding carboxylic acids is 4. The van der Waals surface area contributed by atoms with E-state index in [-0.39, 0.29) is 25.7 Å². The molecule has 89 heavy (non-hydrogen) atoms.